The van der Waals surface area contributed by atoms with Gasteiger partial charge in [-0.15, -0.1) is 12.4 Å². The van der Waals surface area contributed by atoms with Gasteiger partial charge < -0.3 is 11.1 Å². The summed E-state index contributed by atoms with van der Waals surface area (Å²) in [6, 6.07) is 0.437. The fraction of sp³-hybridized carbons (Fsp3) is 0.375. The molecule has 18 heavy (non-hydrogen) atoms. The maximum Gasteiger partial charge on any atom is 0.333 e. The van der Waals surface area contributed by atoms with Crippen molar-refractivity contribution < 1.29 is 18.4 Å². The number of nitrogens with one attached hydrogen (secondary N) is 2. The lowest BCUT2D eigenvalue weighted by Gasteiger charge is -2.24. The molecule has 0 radical (unpaired) electrons. The maximum atomic E-state index is 12.7. The second kappa shape index (κ2) is 4.86. The predicted octanol–water partition coefficient (Wildman–Crippen LogP) is -0.307. The van der Waals surface area contributed by atoms with E-state index in [2.05, 4.69) is 10.4 Å². The van der Waals surface area contributed by atoms with Crippen molar-refractivity contribution in [2.75, 3.05) is 6.54 Å². The SMILES string of the molecule is Cl.NCC1(c2ccnn2C(F)F)NC(=O)NC1=O. The third kappa shape index (κ3) is 1.91. The molecule has 1 unspecified atom stereocenters. The number of urea groups is 1. The van der Waals surface area contributed by atoms with Gasteiger partial charge in [-0.1, -0.05) is 0 Å². The third-order valence-corrected chi connectivity index (χ3v) is 2.54. The number of nitrogens with zero attached hydrogens (tertiary/aromatic N) is 2. The third-order valence-electron chi connectivity index (χ3n) is 2.54. The molecule has 7 nitrogen and oxygen atoms in total. The minimum atomic E-state index is -2.92. The van der Waals surface area contributed by atoms with Crippen LogP contribution in [-0.4, -0.2) is 28.3 Å². The molecule has 2 rings (SSSR count). The number of rotatable bonds is 3. The Morgan fingerprint density at radius 2 is 2.17 bits per heavy atom. The largest absolute Gasteiger partial charge is 0.333 e. The van der Waals surface area contributed by atoms with Gasteiger partial charge in [-0.3, -0.25) is 10.1 Å². The van der Waals surface area contributed by atoms with Crippen molar-refractivity contribution in [3.63, 3.8) is 0 Å². The Balaban J connectivity index is 0.00000162. The van der Waals surface area contributed by atoms with Crippen molar-refractivity contribution in [3.8, 4) is 0 Å². The molecule has 10 heteroatoms. The number of imide groups is 1. The van der Waals surface area contributed by atoms with Crippen LogP contribution in [0.2, 0.25) is 0 Å². The average Bonchev–Trinajstić information content (AvgIpc) is 2.83. The van der Waals surface area contributed by atoms with Crippen LogP contribution in [0.1, 0.15) is 12.2 Å². The van der Waals surface area contributed by atoms with Crippen LogP contribution in [0.4, 0.5) is 13.6 Å². The molecule has 0 spiro atoms. The lowest BCUT2D eigenvalue weighted by atomic mass is 9.95. The Morgan fingerprint density at radius 3 is 2.61 bits per heavy atom. The first kappa shape index (κ1) is 14.3. The molecule has 1 saturated heterocycles. The normalized spacial score (nSPS) is 22.7. The van der Waals surface area contributed by atoms with Crippen LogP contribution in [0, 0.1) is 0 Å². The van der Waals surface area contributed by atoms with Gasteiger partial charge in [0, 0.05) is 12.7 Å². The summed E-state index contributed by atoms with van der Waals surface area (Å²) in [4.78, 5) is 22.7. The second-order valence-corrected chi connectivity index (χ2v) is 3.46. The zero-order chi connectivity index (χ0) is 12.6. The van der Waals surface area contributed by atoms with E-state index in [-0.39, 0.29) is 24.6 Å². The first-order valence-electron chi connectivity index (χ1n) is 4.67. The van der Waals surface area contributed by atoms with E-state index in [1.54, 1.807) is 0 Å². The number of carbonyl (C=O) groups excluding carboxylic acids is 2. The highest BCUT2D eigenvalue weighted by Gasteiger charge is 2.49. The molecule has 100 valence electrons. The summed E-state index contributed by atoms with van der Waals surface area (Å²) in [7, 11) is 0. The lowest BCUT2D eigenvalue weighted by molar-refractivity contribution is -0.124. The zero-order valence-corrected chi connectivity index (χ0v) is 9.71. The highest BCUT2D eigenvalue weighted by atomic mass is 35.5. The number of amides is 3. The number of alkyl halides is 2. The summed E-state index contributed by atoms with van der Waals surface area (Å²) < 4.78 is 25.7. The minimum absolute atomic E-state index is 0. The standard InChI is InChI=1S/C8H9F2N5O2.ClH/c9-6(10)15-4(1-2-12-15)8(3-11)5(16)13-7(17)14-8;/h1-2,6H,3,11H2,(H2,13,14,16,17);1H. The molecule has 1 fully saturated rings. The van der Waals surface area contributed by atoms with E-state index in [0.29, 0.717) is 4.68 Å². The number of carbonyl (C=O) groups is 2. The molecule has 1 aliphatic heterocycles. The van der Waals surface area contributed by atoms with Crippen LogP contribution in [0.15, 0.2) is 12.3 Å². The molecule has 0 saturated carbocycles. The predicted molar refractivity (Wildman–Crippen MR) is 58.1 cm³/mol. The van der Waals surface area contributed by atoms with Gasteiger partial charge in [0.1, 0.15) is 0 Å². The van der Waals surface area contributed by atoms with Gasteiger partial charge in [-0.05, 0) is 6.07 Å². The van der Waals surface area contributed by atoms with Gasteiger partial charge in [-0.2, -0.15) is 13.9 Å². The van der Waals surface area contributed by atoms with Gasteiger partial charge in [0.15, 0.2) is 5.54 Å². The highest BCUT2D eigenvalue weighted by molar-refractivity contribution is 6.07. The van der Waals surface area contributed by atoms with Gasteiger partial charge in [0.05, 0.1) is 5.69 Å². The van der Waals surface area contributed by atoms with Crippen molar-refractivity contribution in [3.05, 3.63) is 18.0 Å². The lowest BCUT2D eigenvalue weighted by Crippen LogP contribution is -2.51. The Bertz CT molecular complexity index is 480. The summed E-state index contributed by atoms with van der Waals surface area (Å²) in [5.74, 6) is -0.771. The van der Waals surface area contributed by atoms with E-state index in [4.69, 9.17) is 5.73 Å². The van der Waals surface area contributed by atoms with E-state index in [0.717, 1.165) is 6.20 Å². The topological polar surface area (TPSA) is 102 Å². The zero-order valence-electron chi connectivity index (χ0n) is 8.89. The van der Waals surface area contributed by atoms with Crippen LogP contribution in [0.5, 0.6) is 0 Å². The maximum absolute atomic E-state index is 12.7. The minimum Gasteiger partial charge on any atom is -0.327 e. The smallest absolute Gasteiger partial charge is 0.327 e. The van der Waals surface area contributed by atoms with Gasteiger partial charge in [-0.25, -0.2) is 9.48 Å². The summed E-state index contributed by atoms with van der Waals surface area (Å²) in [6.07, 6.45) is 1.11. The van der Waals surface area contributed by atoms with Crippen LogP contribution in [-0.2, 0) is 10.3 Å². The first-order valence-corrected chi connectivity index (χ1v) is 4.67. The molecular weight excluding hydrogens is 272 g/mol. The van der Waals surface area contributed by atoms with Gasteiger partial charge in [0.25, 0.3) is 5.91 Å². The summed E-state index contributed by atoms with van der Waals surface area (Å²) in [5.41, 5.74) is 3.58. The Labute approximate surface area is 106 Å². The number of nitrogens with two attached hydrogens (primary N) is 1. The molecule has 1 aromatic rings. The van der Waals surface area contributed by atoms with Crippen molar-refractivity contribution >= 4 is 24.3 Å². The summed E-state index contributed by atoms with van der Waals surface area (Å²) >= 11 is 0. The Kier molecular flexibility index (Phi) is 3.87. The fourth-order valence-corrected chi connectivity index (χ4v) is 1.73. The van der Waals surface area contributed by atoms with E-state index in [9.17, 15) is 18.4 Å². The van der Waals surface area contributed by atoms with Gasteiger partial charge in [0.2, 0.25) is 0 Å². The molecule has 0 aromatic carbocycles. The Hall–Kier alpha value is -1.74. The molecule has 0 aliphatic carbocycles. The number of aromatic nitrogens is 2. The quantitative estimate of drug-likeness (QED) is 0.662. The van der Waals surface area contributed by atoms with E-state index in [1.807, 2.05) is 5.32 Å². The van der Waals surface area contributed by atoms with E-state index in [1.165, 1.54) is 6.07 Å². The van der Waals surface area contributed by atoms with E-state index >= 15 is 0 Å². The van der Waals surface area contributed by atoms with Gasteiger partial charge >= 0.3 is 12.6 Å². The molecule has 1 atom stereocenters. The summed E-state index contributed by atoms with van der Waals surface area (Å²) in [6.45, 7) is -3.27. The average molecular weight is 282 g/mol. The fourth-order valence-electron chi connectivity index (χ4n) is 1.73. The van der Waals surface area contributed by atoms with Crippen LogP contribution >= 0.6 is 12.4 Å². The molecule has 0 bridgehead atoms. The molecule has 2 heterocycles. The van der Waals surface area contributed by atoms with Crippen LogP contribution in [0.3, 0.4) is 0 Å². The molecule has 1 aliphatic rings. The highest BCUT2D eigenvalue weighted by Crippen LogP contribution is 2.26. The van der Waals surface area contributed by atoms with Crippen molar-refractivity contribution in [2.45, 2.75) is 12.1 Å². The van der Waals surface area contributed by atoms with Crippen LogP contribution < -0.4 is 16.4 Å². The second-order valence-electron chi connectivity index (χ2n) is 3.46. The molecule has 1 aromatic heterocycles. The molecule has 4 N–H and O–H groups in total. The monoisotopic (exact) mass is 281 g/mol. The Morgan fingerprint density at radius 1 is 1.50 bits per heavy atom. The van der Waals surface area contributed by atoms with Crippen LogP contribution in [0.25, 0.3) is 0 Å². The molecule has 3 amide bonds. The number of hydrogen-bond acceptors (Lipinski definition) is 4. The van der Waals surface area contributed by atoms with E-state index < -0.39 is 24.0 Å². The first-order chi connectivity index (χ1) is 8.01. The van der Waals surface area contributed by atoms with Crippen molar-refractivity contribution in [2.24, 2.45) is 5.73 Å². The molecular formula is C8H10ClF2N5O2. The summed E-state index contributed by atoms with van der Waals surface area (Å²) in [5, 5.41) is 7.60. The number of hydrogen-bond donors (Lipinski definition) is 3. The van der Waals surface area contributed by atoms with Crippen molar-refractivity contribution in [1.82, 2.24) is 20.4 Å². The van der Waals surface area contributed by atoms with Crippen molar-refractivity contribution in [1.29, 1.82) is 0 Å². The number of halogens is 3.